The Hall–Kier alpha value is -3.66. The van der Waals surface area contributed by atoms with E-state index in [4.69, 9.17) is 4.98 Å². The Labute approximate surface area is 212 Å². The Morgan fingerprint density at radius 1 is 0.944 bits per heavy atom. The Morgan fingerprint density at radius 3 is 2.58 bits per heavy atom. The molecule has 3 aliphatic rings. The number of nitrogens with zero attached hydrogens (tertiary/aromatic N) is 3. The first kappa shape index (κ1) is 21.6. The number of fused-ring (bicyclic) bond motifs is 2. The van der Waals surface area contributed by atoms with Gasteiger partial charge in [0.15, 0.2) is 0 Å². The second-order valence-corrected chi connectivity index (χ2v) is 10.8. The van der Waals surface area contributed by atoms with E-state index in [0.717, 1.165) is 62.2 Å². The predicted molar refractivity (Wildman–Crippen MR) is 145 cm³/mol. The number of amides is 1. The van der Waals surface area contributed by atoms with Crippen LogP contribution in [0.5, 0.6) is 0 Å². The van der Waals surface area contributed by atoms with Crippen LogP contribution in [0.3, 0.4) is 0 Å². The fraction of sp³-hybridized carbons (Fsp3) is 0.312. The van der Waals surface area contributed by atoms with E-state index in [1.807, 2.05) is 0 Å². The smallest absolute Gasteiger partial charge is 0.225 e. The maximum atomic E-state index is 12.6. The summed E-state index contributed by atoms with van der Waals surface area (Å²) in [6, 6.07) is 22.2. The molecule has 0 radical (unpaired) electrons. The lowest BCUT2D eigenvalue weighted by Gasteiger charge is -2.18. The number of rotatable bonds is 5. The van der Waals surface area contributed by atoms with Crippen molar-refractivity contribution in [1.29, 1.82) is 0 Å². The molecule has 1 saturated heterocycles. The van der Waals surface area contributed by atoms with Crippen molar-refractivity contribution < 1.29 is 4.79 Å². The van der Waals surface area contributed by atoms with Crippen LogP contribution in [0, 0.1) is 18.8 Å². The van der Waals surface area contributed by atoms with Gasteiger partial charge in [-0.3, -0.25) is 4.79 Å². The molecule has 4 aromatic rings. The fourth-order valence-corrected chi connectivity index (χ4v) is 5.91. The van der Waals surface area contributed by atoms with E-state index >= 15 is 0 Å². The predicted octanol–water partition coefficient (Wildman–Crippen LogP) is 6.51. The highest BCUT2D eigenvalue weighted by Crippen LogP contribution is 2.35. The molecule has 2 fully saturated rings. The Kier molecular flexibility index (Phi) is 5.09. The number of carbonyl (C=O) groups excluding carboxylic acids is 1. The maximum Gasteiger partial charge on any atom is 0.225 e. The molecule has 1 aromatic heterocycles. The summed E-state index contributed by atoms with van der Waals surface area (Å²) in [5.74, 6) is 2.16. The van der Waals surface area contributed by atoms with Crippen molar-refractivity contribution in [2.24, 2.45) is 11.8 Å². The molecule has 1 saturated carbocycles. The molecule has 2 aliphatic carbocycles. The number of carbonyl (C=O) groups is 1. The first-order valence-electron chi connectivity index (χ1n) is 13.3. The summed E-state index contributed by atoms with van der Waals surface area (Å²) in [5.41, 5.74) is 9.80. The van der Waals surface area contributed by atoms with Gasteiger partial charge in [0.25, 0.3) is 0 Å². The van der Waals surface area contributed by atoms with Gasteiger partial charge < -0.3 is 9.47 Å². The average Bonchev–Trinajstić information content (AvgIpc) is 3.30. The molecule has 0 spiro atoms. The number of hydrogen-bond donors (Lipinski definition) is 0. The van der Waals surface area contributed by atoms with Gasteiger partial charge >= 0.3 is 0 Å². The number of imidazole rings is 1. The van der Waals surface area contributed by atoms with Crippen LogP contribution in [0.1, 0.15) is 36.0 Å². The van der Waals surface area contributed by atoms with Crippen LogP contribution in [0.2, 0.25) is 0 Å². The van der Waals surface area contributed by atoms with Crippen molar-refractivity contribution in [1.82, 2.24) is 14.5 Å². The minimum absolute atomic E-state index is 0.302. The van der Waals surface area contributed by atoms with E-state index in [1.165, 1.54) is 33.3 Å². The number of likely N-dealkylation sites (tertiary alicyclic amines) is 1. The van der Waals surface area contributed by atoms with E-state index < -0.39 is 0 Å². The summed E-state index contributed by atoms with van der Waals surface area (Å²) >= 11 is 0. The third-order valence-corrected chi connectivity index (χ3v) is 8.13. The second-order valence-electron chi connectivity index (χ2n) is 10.8. The van der Waals surface area contributed by atoms with Crippen molar-refractivity contribution >= 4 is 23.0 Å². The quantitative estimate of drug-likeness (QED) is 0.332. The molecule has 2 heterocycles. The van der Waals surface area contributed by atoms with Gasteiger partial charge in [-0.1, -0.05) is 54.6 Å². The second kappa shape index (κ2) is 8.48. The molecule has 1 atom stereocenters. The van der Waals surface area contributed by atoms with Crippen LogP contribution in [0.25, 0.3) is 39.6 Å². The van der Waals surface area contributed by atoms with Crippen LogP contribution < -0.4 is 0 Å². The average molecular weight is 474 g/mol. The first-order valence-corrected chi connectivity index (χ1v) is 13.3. The van der Waals surface area contributed by atoms with E-state index in [-0.39, 0.29) is 0 Å². The summed E-state index contributed by atoms with van der Waals surface area (Å²) in [6.45, 7) is 4.77. The standard InChI is InChI=1S/C32H31N3O/c1-21-5-14-30-29(17-21)33-31(35(30)20-22-15-16-34(19-22)32(36)26-11-12-26)25-9-6-24(7-10-25)28-13-8-23-3-2-4-27(23)18-28/h2,4-10,13-14,17-18,22,26H,3,11-12,15-16,19-20H2,1H3/t22-/m1/s1. The molecule has 3 aromatic carbocycles. The Morgan fingerprint density at radius 2 is 1.75 bits per heavy atom. The lowest BCUT2D eigenvalue weighted by molar-refractivity contribution is -0.131. The van der Waals surface area contributed by atoms with Gasteiger partial charge in [-0.25, -0.2) is 4.98 Å². The van der Waals surface area contributed by atoms with Crippen molar-refractivity contribution in [3.63, 3.8) is 0 Å². The van der Waals surface area contributed by atoms with Crippen LogP contribution in [0.4, 0.5) is 0 Å². The Bertz CT molecular complexity index is 1510. The highest BCUT2D eigenvalue weighted by atomic mass is 16.2. The lowest BCUT2D eigenvalue weighted by atomic mass is 9.99. The van der Waals surface area contributed by atoms with Crippen LogP contribution in [-0.4, -0.2) is 33.4 Å². The molecule has 180 valence electrons. The van der Waals surface area contributed by atoms with Crippen molar-refractivity contribution in [3.05, 3.63) is 83.4 Å². The van der Waals surface area contributed by atoms with Gasteiger partial charge in [-0.05, 0) is 84.5 Å². The highest BCUT2D eigenvalue weighted by molar-refractivity contribution is 5.83. The van der Waals surface area contributed by atoms with Gasteiger partial charge in [0.1, 0.15) is 5.82 Å². The minimum atomic E-state index is 0.302. The van der Waals surface area contributed by atoms with E-state index in [2.05, 4.69) is 89.2 Å². The molecule has 4 nitrogen and oxygen atoms in total. The molecular formula is C32H31N3O. The highest BCUT2D eigenvalue weighted by Gasteiger charge is 2.36. The molecule has 1 amide bonds. The molecule has 0 unspecified atom stereocenters. The summed E-state index contributed by atoms with van der Waals surface area (Å²) in [6.07, 6.45) is 8.71. The molecule has 7 rings (SSSR count). The topological polar surface area (TPSA) is 38.1 Å². The minimum Gasteiger partial charge on any atom is -0.342 e. The normalized spacial score (nSPS) is 18.8. The summed E-state index contributed by atoms with van der Waals surface area (Å²) in [5, 5.41) is 0. The number of aryl methyl sites for hydroxylation is 1. The molecular weight excluding hydrogens is 442 g/mol. The monoisotopic (exact) mass is 473 g/mol. The zero-order valence-corrected chi connectivity index (χ0v) is 20.8. The number of benzene rings is 3. The van der Waals surface area contributed by atoms with E-state index in [9.17, 15) is 4.79 Å². The van der Waals surface area contributed by atoms with Crippen LogP contribution in [0.15, 0.2) is 66.7 Å². The van der Waals surface area contributed by atoms with Gasteiger partial charge in [0, 0.05) is 31.1 Å². The van der Waals surface area contributed by atoms with Gasteiger partial charge in [-0.15, -0.1) is 0 Å². The molecule has 0 bridgehead atoms. The van der Waals surface area contributed by atoms with Gasteiger partial charge in [-0.2, -0.15) is 0 Å². The van der Waals surface area contributed by atoms with Gasteiger partial charge in [0.05, 0.1) is 11.0 Å². The molecule has 0 N–H and O–H groups in total. The van der Waals surface area contributed by atoms with E-state index in [1.54, 1.807) is 0 Å². The zero-order chi connectivity index (χ0) is 24.2. The van der Waals surface area contributed by atoms with Crippen molar-refractivity contribution in [3.8, 4) is 22.5 Å². The number of aromatic nitrogens is 2. The SMILES string of the molecule is Cc1ccc2c(c1)nc(-c1ccc(-c3ccc4c(c3)C=CC4)cc1)n2C[C@@H]1CCN(C(=O)C2CC2)C1. The summed E-state index contributed by atoms with van der Waals surface area (Å²) < 4.78 is 2.39. The van der Waals surface area contributed by atoms with Gasteiger partial charge in [0.2, 0.25) is 5.91 Å². The largest absolute Gasteiger partial charge is 0.342 e. The molecule has 4 heteroatoms. The summed E-state index contributed by atoms with van der Waals surface area (Å²) in [7, 11) is 0. The molecule has 1 aliphatic heterocycles. The molecule has 36 heavy (non-hydrogen) atoms. The number of hydrogen-bond acceptors (Lipinski definition) is 2. The third-order valence-electron chi connectivity index (χ3n) is 8.13. The fourth-order valence-electron chi connectivity index (χ4n) is 5.91. The lowest BCUT2D eigenvalue weighted by Crippen LogP contribution is -2.30. The first-order chi connectivity index (χ1) is 17.6. The van der Waals surface area contributed by atoms with Crippen molar-refractivity contribution in [2.45, 2.75) is 39.2 Å². The third kappa shape index (κ3) is 3.85. The summed E-state index contributed by atoms with van der Waals surface area (Å²) in [4.78, 5) is 19.8. The van der Waals surface area contributed by atoms with Crippen molar-refractivity contribution in [2.75, 3.05) is 13.1 Å². The van der Waals surface area contributed by atoms with Crippen LogP contribution >= 0.6 is 0 Å². The number of allylic oxidation sites excluding steroid dienone is 1. The maximum absolute atomic E-state index is 12.6. The zero-order valence-electron chi connectivity index (χ0n) is 20.8. The van der Waals surface area contributed by atoms with Crippen LogP contribution in [-0.2, 0) is 17.8 Å². The Balaban J connectivity index is 1.20. The van der Waals surface area contributed by atoms with E-state index in [0.29, 0.717) is 17.7 Å².